The molecule has 6 heteroatoms. The molecule has 0 spiro atoms. The predicted molar refractivity (Wildman–Crippen MR) is 69.9 cm³/mol. The number of amides is 1. The number of aromatic nitrogens is 2. The fourth-order valence-corrected chi connectivity index (χ4v) is 2.20. The van der Waals surface area contributed by atoms with Gasteiger partial charge in [-0.25, -0.2) is 9.78 Å². The van der Waals surface area contributed by atoms with Gasteiger partial charge in [-0.2, -0.15) is 0 Å². The zero-order valence-corrected chi connectivity index (χ0v) is 11.0. The standard InChI is InChI=1S/C13H15N3O3/c1-7-15-10-8(11(17)18)5-4-6-9(10)16(7)13(2,3)12(14)19/h4-6H,1-3H3,(H2,14,19)(H,17,18). The Kier molecular flexibility index (Phi) is 2.81. The van der Waals surface area contributed by atoms with Crippen molar-refractivity contribution < 1.29 is 14.7 Å². The van der Waals surface area contributed by atoms with Crippen molar-refractivity contribution in [2.45, 2.75) is 26.3 Å². The second kappa shape index (κ2) is 4.08. The van der Waals surface area contributed by atoms with Crippen LogP contribution in [0.2, 0.25) is 0 Å². The number of primary amides is 1. The second-order valence-corrected chi connectivity index (χ2v) is 4.90. The summed E-state index contributed by atoms with van der Waals surface area (Å²) in [4.78, 5) is 27.0. The van der Waals surface area contributed by atoms with Crippen LogP contribution >= 0.6 is 0 Å². The van der Waals surface area contributed by atoms with Crippen LogP contribution in [-0.2, 0) is 10.3 Å². The summed E-state index contributed by atoms with van der Waals surface area (Å²) < 4.78 is 1.66. The number of imidazole rings is 1. The van der Waals surface area contributed by atoms with Crippen molar-refractivity contribution in [3.05, 3.63) is 29.6 Å². The van der Waals surface area contributed by atoms with E-state index in [0.29, 0.717) is 16.9 Å². The zero-order chi connectivity index (χ0) is 14.4. The topological polar surface area (TPSA) is 98.2 Å². The number of nitrogens with zero attached hydrogens (tertiary/aromatic N) is 2. The minimum Gasteiger partial charge on any atom is -0.478 e. The number of para-hydroxylation sites is 1. The molecule has 0 fully saturated rings. The van der Waals surface area contributed by atoms with Gasteiger partial charge in [0.25, 0.3) is 0 Å². The summed E-state index contributed by atoms with van der Waals surface area (Å²) in [5, 5.41) is 9.15. The van der Waals surface area contributed by atoms with E-state index in [0.717, 1.165) is 0 Å². The molecular formula is C13H15N3O3. The first-order chi connectivity index (χ1) is 8.76. The van der Waals surface area contributed by atoms with E-state index in [1.54, 1.807) is 37.5 Å². The van der Waals surface area contributed by atoms with Gasteiger partial charge in [0.2, 0.25) is 5.91 Å². The highest BCUT2D eigenvalue weighted by atomic mass is 16.4. The molecule has 1 aromatic carbocycles. The number of rotatable bonds is 3. The summed E-state index contributed by atoms with van der Waals surface area (Å²) in [5.41, 5.74) is 5.50. The van der Waals surface area contributed by atoms with Gasteiger partial charge in [-0.15, -0.1) is 0 Å². The molecule has 0 aliphatic carbocycles. The molecular weight excluding hydrogens is 246 g/mol. The third kappa shape index (κ3) is 1.85. The van der Waals surface area contributed by atoms with Crippen LogP contribution in [0.15, 0.2) is 18.2 Å². The molecule has 0 radical (unpaired) electrons. The lowest BCUT2D eigenvalue weighted by Crippen LogP contribution is -2.41. The molecule has 0 saturated carbocycles. The van der Waals surface area contributed by atoms with Gasteiger partial charge in [-0.1, -0.05) is 6.07 Å². The molecule has 1 aromatic heterocycles. The predicted octanol–water partition coefficient (Wildman–Crippen LogP) is 1.26. The SMILES string of the molecule is Cc1nc2c(C(=O)O)cccc2n1C(C)(C)C(N)=O. The van der Waals surface area contributed by atoms with Crippen LogP contribution in [0.3, 0.4) is 0 Å². The molecule has 0 aliphatic rings. The Labute approximate surface area is 109 Å². The Morgan fingerprint density at radius 3 is 2.53 bits per heavy atom. The first-order valence-electron chi connectivity index (χ1n) is 5.78. The second-order valence-electron chi connectivity index (χ2n) is 4.90. The molecule has 19 heavy (non-hydrogen) atoms. The normalized spacial score (nSPS) is 11.7. The van der Waals surface area contributed by atoms with Crippen molar-refractivity contribution in [3.8, 4) is 0 Å². The summed E-state index contributed by atoms with van der Waals surface area (Å²) in [7, 11) is 0. The van der Waals surface area contributed by atoms with Gasteiger partial charge in [0.05, 0.1) is 11.1 Å². The highest BCUT2D eigenvalue weighted by Crippen LogP contribution is 2.27. The van der Waals surface area contributed by atoms with Gasteiger partial charge in [0.15, 0.2) is 0 Å². The Hall–Kier alpha value is -2.37. The average Bonchev–Trinajstić information content (AvgIpc) is 2.64. The highest BCUT2D eigenvalue weighted by molar-refractivity contribution is 6.01. The number of carboxylic acids is 1. The number of benzene rings is 1. The monoisotopic (exact) mass is 261 g/mol. The van der Waals surface area contributed by atoms with Crippen LogP contribution in [0, 0.1) is 6.92 Å². The summed E-state index contributed by atoms with van der Waals surface area (Å²) in [6.45, 7) is 5.07. The summed E-state index contributed by atoms with van der Waals surface area (Å²) >= 11 is 0. The van der Waals surface area contributed by atoms with Crippen molar-refractivity contribution in [1.82, 2.24) is 9.55 Å². The van der Waals surface area contributed by atoms with Crippen molar-refractivity contribution in [1.29, 1.82) is 0 Å². The maximum absolute atomic E-state index is 11.6. The fraction of sp³-hybridized carbons (Fsp3) is 0.308. The van der Waals surface area contributed by atoms with E-state index < -0.39 is 17.4 Å². The number of carboxylic acid groups (broad SMARTS) is 1. The average molecular weight is 261 g/mol. The van der Waals surface area contributed by atoms with Gasteiger partial charge in [-0.05, 0) is 32.9 Å². The summed E-state index contributed by atoms with van der Waals surface area (Å²) in [5.74, 6) is -1.00. The quantitative estimate of drug-likeness (QED) is 0.869. The van der Waals surface area contributed by atoms with E-state index in [9.17, 15) is 9.59 Å². The van der Waals surface area contributed by atoms with E-state index in [2.05, 4.69) is 4.98 Å². The molecule has 3 N–H and O–H groups in total. The van der Waals surface area contributed by atoms with Crippen LogP contribution in [0.4, 0.5) is 0 Å². The van der Waals surface area contributed by atoms with Gasteiger partial charge in [0.1, 0.15) is 16.9 Å². The number of aryl methyl sites for hydroxylation is 1. The molecule has 2 aromatic rings. The lowest BCUT2D eigenvalue weighted by molar-refractivity contribution is -0.125. The smallest absolute Gasteiger partial charge is 0.337 e. The Bertz CT molecular complexity index is 686. The van der Waals surface area contributed by atoms with Gasteiger partial charge >= 0.3 is 5.97 Å². The van der Waals surface area contributed by atoms with Crippen LogP contribution in [0.5, 0.6) is 0 Å². The largest absolute Gasteiger partial charge is 0.478 e. The molecule has 6 nitrogen and oxygen atoms in total. The van der Waals surface area contributed by atoms with Crippen molar-refractivity contribution in [2.75, 3.05) is 0 Å². The maximum Gasteiger partial charge on any atom is 0.337 e. The minimum atomic E-state index is -1.05. The Balaban J connectivity index is 2.85. The first-order valence-corrected chi connectivity index (χ1v) is 5.78. The maximum atomic E-state index is 11.6. The van der Waals surface area contributed by atoms with E-state index in [1.807, 2.05) is 0 Å². The number of aromatic carboxylic acids is 1. The van der Waals surface area contributed by atoms with E-state index in [1.165, 1.54) is 6.07 Å². The molecule has 0 aliphatic heterocycles. The molecule has 2 rings (SSSR count). The Morgan fingerprint density at radius 2 is 2.00 bits per heavy atom. The molecule has 0 atom stereocenters. The van der Waals surface area contributed by atoms with E-state index >= 15 is 0 Å². The number of carbonyl (C=O) groups is 2. The van der Waals surface area contributed by atoms with Gasteiger partial charge in [-0.3, -0.25) is 4.79 Å². The lowest BCUT2D eigenvalue weighted by atomic mass is 10.0. The molecule has 1 heterocycles. The van der Waals surface area contributed by atoms with Gasteiger partial charge < -0.3 is 15.4 Å². The lowest BCUT2D eigenvalue weighted by Gasteiger charge is -2.25. The summed E-state index contributed by atoms with van der Waals surface area (Å²) in [6, 6.07) is 4.84. The zero-order valence-electron chi connectivity index (χ0n) is 11.0. The molecule has 0 unspecified atom stereocenters. The van der Waals surface area contributed by atoms with Crippen LogP contribution in [-0.4, -0.2) is 26.5 Å². The number of fused-ring (bicyclic) bond motifs is 1. The number of carbonyl (C=O) groups excluding carboxylic acids is 1. The molecule has 100 valence electrons. The third-order valence-corrected chi connectivity index (χ3v) is 3.25. The van der Waals surface area contributed by atoms with E-state index in [-0.39, 0.29) is 5.56 Å². The Morgan fingerprint density at radius 1 is 1.37 bits per heavy atom. The molecule has 0 saturated heterocycles. The van der Waals surface area contributed by atoms with E-state index in [4.69, 9.17) is 10.8 Å². The van der Waals surface area contributed by atoms with Crippen LogP contribution in [0.1, 0.15) is 30.0 Å². The minimum absolute atomic E-state index is 0.111. The van der Waals surface area contributed by atoms with Crippen molar-refractivity contribution in [2.24, 2.45) is 5.73 Å². The van der Waals surface area contributed by atoms with Crippen molar-refractivity contribution >= 4 is 22.9 Å². The number of hydrogen-bond acceptors (Lipinski definition) is 3. The third-order valence-electron chi connectivity index (χ3n) is 3.25. The first kappa shape index (κ1) is 13.1. The molecule has 1 amide bonds. The van der Waals surface area contributed by atoms with Crippen LogP contribution in [0.25, 0.3) is 11.0 Å². The highest BCUT2D eigenvalue weighted by Gasteiger charge is 2.31. The summed E-state index contributed by atoms with van der Waals surface area (Å²) in [6.07, 6.45) is 0. The number of nitrogens with two attached hydrogens (primary N) is 1. The molecule has 0 bridgehead atoms. The van der Waals surface area contributed by atoms with Crippen molar-refractivity contribution in [3.63, 3.8) is 0 Å². The van der Waals surface area contributed by atoms with Crippen LogP contribution < -0.4 is 5.73 Å². The van der Waals surface area contributed by atoms with Gasteiger partial charge in [0, 0.05) is 0 Å². The number of hydrogen-bond donors (Lipinski definition) is 2. The fourth-order valence-electron chi connectivity index (χ4n) is 2.20.